The normalized spacial score (nSPS) is 15.5. The standard InChI is InChI=1S/C15H19Cl2N3O2/c1-10(21)19(2)12-5-7-20(8-6-12)15(22)18-11-3-4-13(16)14(17)9-11/h3-4,9,12H,5-8H2,1-2H3,(H,18,22). The van der Waals surface area contributed by atoms with Gasteiger partial charge in [0.2, 0.25) is 5.91 Å². The van der Waals surface area contributed by atoms with E-state index in [1.165, 1.54) is 0 Å². The minimum atomic E-state index is -0.165. The summed E-state index contributed by atoms with van der Waals surface area (Å²) in [6.45, 7) is 2.80. The highest BCUT2D eigenvalue weighted by Crippen LogP contribution is 2.25. The lowest BCUT2D eigenvalue weighted by Crippen LogP contribution is -2.47. The molecule has 1 aromatic carbocycles. The number of nitrogens with one attached hydrogen (secondary N) is 1. The van der Waals surface area contributed by atoms with Crippen molar-refractivity contribution in [3.8, 4) is 0 Å². The topological polar surface area (TPSA) is 52.7 Å². The molecule has 1 heterocycles. The van der Waals surface area contributed by atoms with Gasteiger partial charge in [0.05, 0.1) is 10.0 Å². The molecule has 0 bridgehead atoms. The van der Waals surface area contributed by atoms with Gasteiger partial charge in [-0.05, 0) is 31.0 Å². The number of carbonyl (C=O) groups excluding carboxylic acids is 2. The Balaban J connectivity index is 1.89. The molecule has 0 spiro atoms. The number of amides is 3. The third-order valence-corrected chi connectivity index (χ3v) is 4.71. The van der Waals surface area contributed by atoms with E-state index < -0.39 is 0 Å². The Morgan fingerprint density at radius 1 is 1.23 bits per heavy atom. The number of hydrogen-bond donors (Lipinski definition) is 1. The van der Waals surface area contributed by atoms with Crippen molar-refractivity contribution >= 4 is 40.8 Å². The first-order valence-electron chi connectivity index (χ1n) is 7.13. The molecule has 1 aliphatic rings. The van der Waals surface area contributed by atoms with Crippen LogP contribution in [0.1, 0.15) is 19.8 Å². The predicted molar refractivity (Wildman–Crippen MR) is 88.5 cm³/mol. The Kier molecular flexibility index (Phi) is 5.53. The predicted octanol–water partition coefficient (Wildman–Crippen LogP) is 3.47. The Labute approximate surface area is 140 Å². The Bertz CT molecular complexity index is 572. The fourth-order valence-corrected chi connectivity index (χ4v) is 2.79. The molecule has 0 saturated carbocycles. The third-order valence-electron chi connectivity index (χ3n) is 3.97. The maximum absolute atomic E-state index is 12.2. The molecule has 2 rings (SSSR count). The lowest BCUT2D eigenvalue weighted by atomic mass is 10.0. The molecule has 0 aliphatic carbocycles. The van der Waals surface area contributed by atoms with Crippen LogP contribution in [0.25, 0.3) is 0 Å². The van der Waals surface area contributed by atoms with Crippen molar-refractivity contribution in [3.05, 3.63) is 28.2 Å². The molecule has 5 nitrogen and oxygen atoms in total. The molecular weight excluding hydrogens is 325 g/mol. The average molecular weight is 344 g/mol. The highest BCUT2D eigenvalue weighted by molar-refractivity contribution is 6.42. The summed E-state index contributed by atoms with van der Waals surface area (Å²) in [5.74, 6) is 0.0544. The quantitative estimate of drug-likeness (QED) is 0.893. The van der Waals surface area contributed by atoms with Gasteiger partial charge in [-0.3, -0.25) is 4.79 Å². The molecule has 1 fully saturated rings. The van der Waals surface area contributed by atoms with Crippen LogP contribution in [0.4, 0.5) is 10.5 Å². The van der Waals surface area contributed by atoms with Crippen LogP contribution >= 0.6 is 23.2 Å². The molecule has 0 unspecified atom stereocenters. The van der Waals surface area contributed by atoms with Crippen LogP contribution in [0.15, 0.2) is 18.2 Å². The van der Waals surface area contributed by atoms with Crippen LogP contribution in [0.2, 0.25) is 10.0 Å². The SMILES string of the molecule is CC(=O)N(C)C1CCN(C(=O)Nc2ccc(Cl)c(Cl)c2)CC1. The maximum atomic E-state index is 12.2. The van der Waals surface area contributed by atoms with Gasteiger partial charge in [0.25, 0.3) is 0 Å². The molecule has 0 atom stereocenters. The van der Waals surface area contributed by atoms with Gasteiger partial charge < -0.3 is 15.1 Å². The van der Waals surface area contributed by atoms with Crippen LogP contribution in [-0.2, 0) is 4.79 Å². The summed E-state index contributed by atoms with van der Waals surface area (Å²) in [5.41, 5.74) is 0.613. The Hall–Kier alpha value is -1.46. The highest BCUT2D eigenvalue weighted by atomic mass is 35.5. The van der Waals surface area contributed by atoms with E-state index >= 15 is 0 Å². The van der Waals surface area contributed by atoms with Crippen molar-refractivity contribution in [2.75, 3.05) is 25.5 Å². The molecule has 1 N–H and O–H groups in total. The number of halogens is 2. The summed E-state index contributed by atoms with van der Waals surface area (Å²) >= 11 is 11.8. The van der Waals surface area contributed by atoms with E-state index in [-0.39, 0.29) is 18.0 Å². The molecule has 1 saturated heterocycles. The first kappa shape index (κ1) is 16.9. The van der Waals surface area contributed by atoms with Gasteiger partial charge in [-0.25, -0.2) is 4.79 Å². The minimum Gasteiger partial charge on any atom is -0.343 e. The van der Waals surface area contributed by atoms with Crippen LogP contribution < -0.4 is 5.32 Å². The average Bonchev–Trinajstić information content (AvgIpc) is 2.50. The number of piperidine rings is 1. The molecule has 1 aliphatic heterocycles. The van der Waals surface area contributed by atoms with E-state index in [0.717, 1.165) is 12.8 Å². The third kappa shape index (κ3) is 4.05. The van der Waals surface area contributed by atoms with E-state index in [1.54, 1.807) is 42.0 Å². The second-order valence-corrected chi connectivity index (χ2v) is 6.22. The summed E-state index contributed by atoms with van der Waals surface area (Å²) in [5, 5.41) is 3.67. The van der Waals surface area contributed by atoms with Crippen molar-refractivity contribution in [1.29, 1.82) is 0 Å². The van der Waals surface area contributed by atoms with E-state index in [0.29, 0.717) is 28.8 Å². The number of benzene rings is 1. The van der Waals surface area contributed by atoms with Crippen molar-refractivity contribution < 1.29 is 9.59 Å². The number of rotatable bonds is 2. The van der Waals surface area contributed by atoms with Gasteiger partial charge in [0, 0.05) is 38.8 Å². The Morgan fingerprint density at radius 2 is 1.86 bits per heavy atom. The van der Waals surface area contributed by atoms with Crippen molar-refractivity contribution in [2.45, 2.75) is 25.8 Å². The number of carbonyl (C=O) groups is 2. The van der Waals surface area contributed by atoms with Crippen molar-refractivity contribution in [2.24, 2.45) is 0 Å². The van der Waals surface area contributed by atoms with Crippen LogP contribution in [0.5, 0.6) is 0 Å². The molecular formula is C15H19Cl2N3O2. The van der Waals surface area contributed by atoms with Gasteiger partial charge in [-0.15, -0.1) is 0 Å². The zero-order valence-corrected chi connectivity index (χ0v) is 14.1. The van der Waals surface area contributed by atoms with Gasteiger partial charge in [0.15, 0.2) is 0 Å². The van der Waals surface area contributed by atoms with Crippen LogP contribution in [-0.4, -0.2) is 47.9 Å². The largest absolute Gasteiger partial charge is 0.343 e. The maximum Gasteiger partial charge on any atom is 0.321 e. The fraction of sp³-hybridized carbons (Fsp3) is 0.467. The van der Waals surface area contributed by atoms with E-state index in [2.05, 4.69) is 5.32 Å². The number of urea groups is 1. The van der Waals surface area contributed by atoms with E-state index in [9.17, 15) is 9.59 Å². The molecule has 0 radical (unpaired) electrons. The van der Waals surface area contributed by atoms with Gasteiger partial charge in [-0.2, -0.15) is 0 Å². The number of likely N-dealkylation sites (tertiary alicyclic amines) is 1. The second kappa shape index (κ2) is 7.20. The Morgan fingerprint density at radius 3 is 2.41 bits per heavy atom. The van der Waals surface area contributed by atoms with E-state index in [4.69, 9.17) is 23.2 Å². The molecule has 7 heteroatoms. The lowest BCUT2D eigenvalue weighted by molar-refractivity contribution is -0.130. The first-order chi connectivity index (χ1) is 10.4. The zero-order valence-electron chi connectivity index (χ0n) is 12.6. The number of hydrogen-bond acceptors (Lipinski definition) is 2. The number of nitrogens with zero attached hydrogens (tertiary/aromatic N) is 2. The molecule has 1 aromatic rings. The van der Waals surface area contributed by atoms with Crippen LogP contribution in [0, 0.1) is 0 Å². The van der Waals surface area contributed by atoms with Gasteiger partial charge >= 0.3 is 6.03 Å². The molecule has 22 heavy (non-hydrogen) atoms. The van der Waals surface area contributed by atoms with E-state index in [1.807, 2.05) is 0 Å². The first-order valence-corrected chi connectivity index (χ1v) is 7.88. The summed E-state index contributed by atoms with van der Waals surface area (Å²) in [6.07, 6.45) is 1.57. The summed E-state index contributed by atoms with van der Waals surface area (Å²) in [4.78, 5) is 27.1. The monoisotopic (exact) mass is 343 g/mol. The number of anilines is 1. The highest BCUT2D eigenvalue weighted by Gasteiger charge is 2.26. The van der Waals surface area contributed by atoms with Crippen molar-refractivity contribution in [3.63, 3.8) is 0 Å². The zero-order chi connectivity index (χ0) is 16.3. The summed E-state index contributed by atoms with van der Waals surface area (Å²) in [6, 6.07) is 5.02. The van der Waals surface area contributed by atoms with Crippen molar-refractivity contribution in [1.82, 2.24) is 9.80 Å². The summed E-state index contributed by atoms with van der Waals surface area (Å²) in [7, 11) is 1.80. The van der Waals surface area contributed by atoms with Gasteiger partial charge in [0.1, 0.15) is 0 Å². The molecule has 120 valence electrons. The molecule has 0 aromatic heterocycles. The fourth-order valence-electron chi connectivity index (χ4n) is 2.49. The lowest BCUT2D eigenvalue weighted by Gasteiger charge is -2.36. The molecule has 3 amide bonds. The van der Waals surface area contributed by atoms with Crippen LogP contribution in [0.3, 0.4) is 0 Å². The smallest absolute Gasteiger partial charge is 0.321 e. The minimum absolute atomic E-state index is 0.0544. The summed E-state index contributed by atoms with van der Waals surface area (Å²) < 4.78 is 0. The second-order valence-electron chi connectivity index (χ2n) is 5.41. The van der Waals surface area contributed by atoms with Gasteiger partial charge in [-0.1, -0.05) is 23.2 Å².